The Hall–Kier alpha value is -1.86. The highest BCUT2D eigenvalue weighted by Gasteiger charge is 2.68. The molecule has 2 N–H and O–H groups in total. The number of nitrogens with zero attached hydrogens (tertiary/aromatic N) is 2. The Bertz CT molecular complexity index is 972. The standard InChI is InChI=1S/C21H21F3N2O2/c22-14-3-1-2-12-15-8-25-9-26(15)18(16(12)14)21(23,24)19(28)20-5-10-4-11(6-20)17(27)13(10)7-20/h1-3,8-11,13,17-19,27-28H,4-7H2. The number of aliphatic hydroxyl groups excluding tert-OH is 2. The van der Waals surface area contributed by atoms with E-state index in [-0.39, 0.29) is 23.3 Å². The van der Waals surface area contributed by atoms with Crippen molar-refractivity contribution in [1.82, 2.24) is 9.55 Å². The summed E-state index contributed by atoms with van der Waals surface area (Å²) in [5.41, 5.74) is -0.139. The fourth-order valence-electron chi connectivity index (χ4n) is 6.99. The summed E-state index contributed by atoms with van der Waals surface area (Å²) in [6.07, 6.45) is 2.60. The second kappa shape index (κ2) is 5.19. The molecule has 0 saturated heterocycles. The minimum atomic E-state index is -3.56. The maximum absolute atomic E-state index is 15.9. The predicted molar refractivity (Wildman–Crippen MR) is 94.1 cm³/mol. The number of aromatic nitrogens is 2. The molecule has 4 aliphatic carbocycles. The number of aliphatic hydroxyl groups is 2. The van der Waals surface area contributed by atoms with Gasteiger partial charge in [-0.1, -0.05) is 12.1 Å². The van der Waals surface area contributed by atoms with E-state index >= 15 is 8.78 Å². The SMILES string of the molecule is OC1C2CC3CC(C(O)C(F)(F)C4c5c(F)cccc5-c5cncn54)(C2)CC31. The van der Waals surface area contributed by atoms with Gasteiger partial charge in [-0.05, 0) is 49.5 Å². The summed E-state index contributed by atoms with van der Waals surface area (Å²) in [7, 11) is 0. The van der Waals surface area contributed by atoms with Crippen LogP contribution in [0, 0.1) is 29.0 Å². The molecule has 1 aromatic heterocycles. The summed E-state index contributed by atoms with van der Waals surface area (Å²) in [6.45, 7) is 0. The van der Waals surface area contributed by atoms with Crippen molar-refractivity contribution in [3.63, 3.8) is 0 Å². The molecule has 7 rings (SSSR count). The Morgan fingerprint density at radius 1 is 1.21 bits per heavy atom. The van der Waals surface area contributed by atoms with E-state index in [1.807, 2.05) is 0 Å². The zero-order valence-corrected chi connectivity index (χ0v) is 15.1. The third kappa shape index (κ3) is 1.87. The van der Waals surface area contributed by atoms with Gasteiger partial charge in [-0.25, -0.2) is 18.2 Å². The predicted octanol–water partition coefficient (Wildman–Crippen LogP) is 3.39. The molecule has 0 radical (unpaired) electrons. The molecule has 28 heavy (non-hydrogen) atoms. The largest absolute Gasteiger partial charge is 0.393 e. The van der Waals surface area contributed by atoms with E-state index in [0.717, 1.165) is 6.42 Å². The molecule has 5 aliphatic rings. The summed E-state index contributed by atoms with van der Waals surface area (Å²) in [5.74, 6) is -4.07. The van der Waals surface area contributed by atoms with Gasteiger partial charge in [0.1, 0.15) is 18.0 Å². The highest BCUT2D eigenvalue weighted by atomic mass is 19.3. The van der Waals surface area contributed by atoms with Crippen molar-refractivity contribution < 1.29 is 23.4 Å². The van der Waals surface area contributed by atoms with Gasteiger partial charge in [0, 0.05) is 16.5 Å². The van der Waals surface area contributed by atoms with Crippen molar-refractivity contribution in [3.8, 4) is 11.3 Å². The smallest absolute Gasteiger partial charge is 0.298 e. The minimum absolute atomic E-state index is 0.000561. The second-order valence-electron chi connectivity index (χ2n) is 9.25. The first-order valence-corrected chi connectivity index (χ1v) is 9.88. The van der Waals surface area contributed by atoms with Crippen molar-refractivity contribution in [1.29, 1.82) is 0 Å². The van der Waals surface area contributed by atoms with E-state index < -0.39 is 35.4 Å². The Labute approximate surface area is 160 Å². The molecule has 4 saturated carbocycles. The van der Waals surface area contributed by atoms with Gasteiger partial charge in [0.25, 0.3) is 5.92 Å². The Balaban J connectivity index is 1.44. The average molecular weight is 390 g/mol. The summed E-state index contributed by atoms with van der Waals surface area (Å²) in [4.78, 5) is 3.98. The van der Waals surface area contributed by atoms with Crippen LogP contribution >= 0.6 is 0 Å². The molecule has 0 spiro atoms. The number of benzene rings is 1. The lowest BCUT2D eigenvalue weighted by molar-refractivity contribution is -0.194. The molecule has 148 valence electrons. The lowest BCUT2D eigenvalue weighted by atomic mass is 9.63. The Morgan fingerprint density at radius 2 is 2.00 bits per heavy atom. The topological polar surface area (TPSA) is 58.3 Å². The Kier molecular flexibility index (Phi) is 3.16. The van der Waals surface area contributed by atoms with E-state index in [4.69, 9.17) is 0 Å². The molecule has 1 aliphatic heterocycles. The molecule has 4 fully saturated rings. The molecule has 7 atom stereocenters. The average Bonchev–Trinajstić information content (AvgIpc) is 3.36. The van der Waals surface area contributed by atoms with Gasteiger partial charge in [-0.2, -0.15) is 0 Å². The first-order chi connectivity index (χ1) is 13.3. The van der Waals surface area contributed by atoms with Crippen LogP contribution < -0.4 is 0 Å². The zero-order chi connectivity index (χ0) is 19.4. The van der Waals surface area contributed by atoms with Gasteiger partial charge >= 0.3 is 0 Å². The third-order valence-corrected chi connectivity index (χ3v) is 7.97. The fourth-order valence-corrected chi connectivity index (χ4v) is 6.99. The van der Waals surface area contributed by atoms with E-state index in [2.05, 4.69) is 4.98 Å². The van der Waals surface area contributed by atoms with Crippen molar-refractivity contribution in [2.75, 3.05) is 0 Å². The van der Waals surface area contributed by atoms with Crippen LogP contribution in [0.25, 0.3) is 11.3 Å². The van der Waals surface area contributed by atoms with E-state index in [1.165, 1.54) is 29.2 Å². The molecule has 4 nitrogen and oxygen atoms in total. The monoisotopic (exact) mass is 390 g/mol. The highest BCUT2D eigenvalue weighted by molar-refractivity contribution is 5.69. The molecule has 7 heteroatoms. The van der Waals surface area contributed by atoms with Gasteiger partial charge in [0.2, 0.25) is 0 Å². The van der Waals surface area contributed by atoms with Crippen LogP contribution in [0.3, 0.4) is 0 Å². The van der Waals surface area contributed by atoms with Crippen molar-refractivity contribution in [3.05, 3.63) is 42.1 Å². The number of halogens is 3. The molecule has 2 heterocycles. The quantitative estimate of drug-likeness (QED) is 0.845. The third-order valence-electron chi connectivity index (χ3n) is 7.97. The number of imidazole rings is 1. The van der Waals surface area contributed by atoms with Crippen LogP contribution in [-0.2, 0) is 0 Å². The molecule has 7 unspecified atom stereocenters. The molecular formula is C21H21F3N2O2. The first kappa shape index (κ1) is 17.0. The van der Waals surface area contributed by atoms with Crippen LogP contribution in [0.2, 0.25) is 0 Å². The van der Waals surface area contributed by atoms with Crippen molar-refractivity contribution in [2.45, 2.75) is 49.9 Å². The van der Waals surface area contributed by atoms with E-state index in [0.29, 0.717) is 30.5 Å². The van der Waals surface area contributed by atoms with Crippen molar-refractivity contribution >= 4 is 0 Å². The number of fused-ring (bicyclic) bond motifs is 3. The summed E-state index contributed by atoms with van der Waals surface area (Å²) in [5, 5.41) is 21.4. The van der Waals surface area contributed by atoms with E-state index in [1.54, 1.807) is 6.07 Å². The van der Waals surface area contributed by atoms with Crippen LogP contribution in [0.15, 0.2) is 30.7 Å². The lowest BCUT2D eigenvalue weighted by Gasteiger charge is -2.46. The lowest BCUT2D eigenvalue weighted by Crippen LogP contribution is -2.54. The number of hydrogen-bond donors (Lipinski definition) is 2. The van der Waals surface area contributed by atoms with Gasteiger partial charge < -0.3 is 14.8 Å². The molecule has 0 amide bonds. The van der Waals surface area contributed by atoms with Gasteiger partial charge in [-0.15, -0.1) is 0 Å². The maximum atomic E-state index is 15.9. The Morgan fingerprint density at radius 3 is 2.75 bits per heavy atom. The van der Waals surface area contributed by atoms with E-state index in [9.17, 15) is 14.6 Å². The fraction of sp³-hybridized carbons (Fsp3) is 0.571. The van der Waals surface area contributed by atoms with Gasteiger partial charge in [0.15, 0.2) is 0 Å². The van der Waals surface area contributed by atoms with Gasteiger partial charge in [-0.3, -0.25) is 0 Å². The second-order valence-corrected chi connectivity index (χ2v) is 9.25. The molecule has 1 aromatic carbocycles. The molecular weight excluding hydrogens is 369 g/mol. The van der Waals surface area contributed by atoms with Crippen LogP contribution in [-0.4, -0.2) is 37.9 Å². The molecule has 2 aromatic rings. The van der Waals surface area contributed by atoms with Crippen LogP contribution in [0.4, 0.5) is 13.2 Å². The van der Waals surface area contributed by atoms with Crippen LogP contribution in [0.5, 0.6) is 0 Å². The highest BCUT2D eigenvalue weighted by Crippen LogP contribution is 2.67. The van der Waals surface area contributed by atoms with Gasteiger partial charge in [0.05, 0.1) is 24.3 Å². The minimum Gasteiger partial charge on any atom is -0.393 e. The van der Waals surface area contributed by atoms with Crippen molar-refractivity contribution in [2.24, 2.45) is 23.2 Å². The number of rotatable bonds is 3. The normalized spacial score (nSPS) is 38.7. The number of hydrogen-bond acceptors (Lipinski definition) is 3. The van der Waals surface area contributed by atoms with Crippen LogP contribution in [0.1, 0.15) is 37.3 Å². The maximum Gasteiger partial charge on any atom is 0.298 e. The summed E-state index contributed by atoms with van der Waals surface area (Å²) >= 11 is 0. The molecule has 4 bridgehead atoms. The summed E-state index contributed by atoms with van der Waals surface area (Å²) in [6, 6.07) is 2.68. The summed E-state index contributed by atoms with van der Waals surface area (Å²) < 4.78 is 47.7. The number of alkyl halides is 2. The zero-order valence-electron chi connectivity index (χ0n) is 15.1. The first-order valence-electron chi connectivity index (χ1n) is 9.88.